The predicted octanol–water partition coefficient (Wildman–Crippen LogP) is 1.86. The molecule has 2 amide bonds. The SMILES string of the molecule is C[C@H](NC(=O)[C@@H]1OCC(=O)N(C)[C@H]1c1ccccc1)c1ccncc1. The first-order chi connectivity index (χ1) is 12.1. The highest BCUT2D eigenvalue weighted by Crippen LogP contribution is 2.29. The van der Waals surface area contributed by atoms with Gasteiger partial charge >= 0.3 is 0 Å². The molecule has 0 aliphatic carbocycles. The molecular formula is C19H21N3O3. The van der Waals surface area contributed by atoms with E-state index in [1.54, 1.807) is 24.3 Å². The molecule has 2 aromatic rings. The first-order valence-electron chi connectivity index (χ1n) is 8.20. The van der Waals surface area contributed by atoms with Crippen molar-refractivity contribution in [3.05, 3.63) is 66.0 Å². The number of benzene rings is 1. The monoisotopic (exact) mass is 339 g/mol. The molecule has 2 heterocycles. The van der Waals surface area contributed by atoms with Crippen LogP contribution in [0.15, 0.2) is 54.9 Å². The highest BCUT2D eigenvalue weighted by molar-refractivity contribution is 5.86. The molecule has 0 bridgehead atoms. The minimum atomic E-state index is -0.755. The van der Waals surface area contributed by atoms with Crippen LogP contribution < -0.4 is 5.32 Å². The maximum atomic E-state index is 12.8. The third-order valence-electron chi connectivity index (χ3n) is 4.45. The molecule has 0 saturated carbocycles. The van der Waals surface area contributed by atoms with Gasteiger partial charge < -0.3 is 15.0 Å². The summed E-state index contributed by atoms with van der Waals surface area (Å²) in [6.07, 6.45) is 2.62. The molecule has 25 heavy (non-hydrogen) atoms. The van der Waals surface area contributed by atoms with Crippen LogP contribution in [0.3, 0.4) is 0 Å². The fraction of sp³-hybridized carbons (Fsp3) is 0.316. The molecule has 3 rings (SSSR count). The lowest BCUT2D eigenvalue weighted by molar-refractivity contribution is -0.162. The molecule has 1 aliphatic rings. The zero-order valence-corrected chi connectivity index (χ0v) is 14.3. The summed E-state index contributed by atoms with van der Waals surface area (Å²) in [5.41, 5.74) is 1.83. The lowest BCUT2D eigenvalue weighted by atomic mass is 9.97. The first-order valence-corrected chi connectivity index (χ1v) is 8.20. The Hall–Kier alpha value is -2.73. The average molecular weight is 339 g/mol. The second kappa shape index (κ2) is 7.44. The molecule has 3 atom stereocenters. The zero-order valence-electron chi connectivity index (χ0n) is 14.3. The summed E-state index contributed by atoms with van der Waals surface area (Å²) < 4.78 is 5.61. The van der Waals surface area contributed by atoms with Crippen LogP contribution in [0.4, 0.5) is 0 Å². The topological polar surface area (TPSA) is 71.5 Å². The Morgan fingerprint density at radius 2 is 1.92 bits per heavy atom. The van der Waals surface area contributed by atoms with Gasteiger partial charge in [0.25, 0.3) is 5.91 Å². The van der Waals surface area contributed by atoms with Crippen molar-refractivity contribution in [2.45, 2.75) is 25.1 Å². The van der Waals surface area contributed by atoms with Gasteiger partial charge in [0.1, 0.15) is 6.61 Å². The fourth-order valence-electron chi connectivity index (χ4n) is 3.01. The molecule has 1 aliphatic heterocycles. The van der Waals surface area contributed by atoms with Gasteiger partial charge in [0.05, 0.1) is 12.1 Å². The Kier molecular flexibility index (Phi) is 5.09. The number of hydrogen-bond donors (Lipinski definition) is 1. The summed E-state index contributed by atoms with van der Waals surface area (Å²) in [5.74, 6) is -0.377. The van der Waals surface area contributed by atoms with Crippen LogP contribution in [0.1, 0.15) is 30.1 Å². The second-order valence-corrected chi connectivity index (χ2v) is 6.10. The first kappa shape index (κ1) is 17.1. The van der Waals surface area contributed by atoms with Gasteiger partial charge in [-0.1, -0.05) is 30.3 Å². The number of amides is 2. The van der Waals surface area contributed by atoms with E-state index in [0.29, 0.717) is 0 Å². The Balaban J connectivity index is 1.80. The largest absolute Gasteiger partial charge is 0.356 e. The molecule has 0 unspecified atom stereocenters. The maximum absolute atomic E-state index is 12.8. The number of carbonyl (C=O) groups excluding carboxylic acids is 2. The lowest BCUT2D eigenvalue weighted by Gasteiger charge is -2.38. The molecule has 0 spiro atoms. The van der Waals surface area contributed by atoms with Gasteiger partial charge in [0.15, 0.2) is 6.10 Å². The van der Waals surface area contributed by atoms with Crippen molar-refractivity contribution in [3.8, 4) is 0 Å². The molecule has 1 aromatic heterocycles. The minimum Gasteiger partial charge on any atom is -0.356 e. The van der Waals surface area contributed by atoms with Crippen LogP contribution in [0.2, 0.25) is 0 Å². The smallest absolute Gasteiger partial charge is 0.252 e. The van der Waals surface area contributed by atoms with Crippen LogP contribution in [-0.2, 0) is 14.3 Å². The zero-order chi connectivity index (χ0) is 17.8. The van der Waals surface area contributed by atoms with Crippen LogP contribution in [0.5, 0.6) is 0 Å². The average Bonchev–Trinajstić information content (AvgIpc) is 2.65. The summed E-state index contributed by atoms with van der Waals surface area (Å²) in [4.78, 5) is 30.4. The van der Waals surface area contributed by atoms with Crippen molar-refractivity contribution in [3.63, 3.8) is 0 Å². The summed E-state index contributed by atoms with van der Waals surface area (Å²) in [7, 11) is 1.70. The number of likely N-dealkylation sites (N-methyl/N-ethyl adjacent to an activating group) is 1. The predicted molar refractivity (Wildman–Crippen MR) is 92.5 cm³/mol. The van der Waals surface area contributed by atoms with E-state index in [2.05, 4.69) is 10.3 Å². The summed E-state index contributed by atoms with van der Waals surface area (Å²) >= 11 is 0. The van der Waals surface area contributed by atoms with E-state index in [4.69, 9.17) is 4.74 Å². The van der Waals surface area contributed by atoms with Gasteiger partial charge in [-0.05, 0) is 30.2 Å². The molecule has 1 saturated heterocycles. The number of hydrogen-bond acceptors (Lipinski definition) is 4. The molecule has 1 fully saturated rings. The van der Waals surface area contributed by atoms with Crippen LogP contribution in [0, 0.1) is 0 Å². The quantitative estimate of drug-likeness (QED) is 0.923. The standard InChI is InChI=1S/C19H21N3O3/c1-13(14-8-10-20-11-9-14)21-19(24)18-17(15-6-4-3-5-7-15)22(2)16(23)12-25-18/h3-11,13,17-18H,12H2,1-2H3,(H,21,24)/t13-,17-,18+/m0/s1. The van der Waals surface area contributed by atoms with Crippen molar-refractivity contribution >= 4 is 11.8 Å². The molecule has 0 radical (unpaired) electrons. The Morgan fingerprint density at radius 3 is 2.60 bits per heavy atom. The van der Waals surface area contributed by atoms with E-state index in [1.807, 2.05) is 49.4 Å². The molecular weight excluding hydrogens is 318 g/mol. The van der Waals surface area contributed by atoms with E-state index in [1.165, 1.54) is 0 Å². The maximum Gasteiger partial charge on any atom is 0.252 e. The molecule has 130 valence electrons. The van der Waals surface area contributed by atoms with Crippen molar-refractivity contribution in [1.29, 1.82) is 0 Å². The molecule has 1 N–H and O–H groups in total. The van der Waals surface area contributed by atoms with E-state index in [0.717, 1.165) is 11.1 Å². The van der Waals surface area contributed by atoms with Gasteiger partial charge in [0.2, 0.25) is 5.91 Å². The molecule has 6 nitrogen and oxygen atoms in total. The van der Waals surface area contributed by atoms with E-state index in [-0.39, 0.29) is 24.5 Å². The number of pyridine rings is 1. The summed E-state index contributed by atoms with van der Waals surface area (Å²) in [6.45, 7) is 1.81. The number of aromatic nitrogens is 1. The number of carbonyl (C=O) groups is 2. The van der Waals surface area contributed by atoms with Crippen molar-refractivity contribution in [1.82, 2.24) is 15.2 Å². The van der Waals surface area contributed by atoms with Crippen LogP contribution >= 0.6 is 0 Å². The van der Waals surface area contributed by atoms with Crippen LogP contribution in [0.25, 0.3) is 0 Å². The highest BCUT2D eigenvalue weighted by Gasteiger charge is 2.40. The van der Waals surface area contributed by atoms with Gasteiger partial charge in [0, 0.05) is 19.4 Å². The number of morpholine rings is 1. The summed E-state index contributed by atoms with van der Waals surface area (Å²) in [5, 5.41) is 2.97. The summed E-state index contributed by atoms with van der Waals surface area (Å²) in [6, 6.07) is 12.5. The van der Waals surface area contributed by atoms with Crippen molar-refractivity contribution in [2.75, 3.05) is 13.7 Å². The van der Waals surface area contributed by atoms with E-state index < -0.39 is 12.1 Å². The fourth-order valence-corrected chi connectivity index (χ4v) is 3.01. The van der Waals surface area contributed by atoms with Crippen LogP contribution in [-0.4, -0.2) is 41.5 Å². The molecule has 1 aromatic carbocycles. The number of rotatable bonds is 4. The van der Waals surface area contributed by atoms with Gasteiger partial charge in [-0.3, -0.25) is 14.6 Å². The Morgan fingerprint density at radius 1 is 1.24 bits per heavy atom. The Labute approximate surface area is 146 Å². The Bertz CT molecular complexity index is 736. The minimum absolute atomic E-state index is 0.0957. The van der Waals surface area contributed by atoms with E-state index >= 15 is 0 Å². The highest BCUT2D eigenvalue weighted by atomic mass is 16.5. The third kappa shape index (κ3) is 3.69. The van der Waals surface area contributed by atoms with Crippen molar-refractivity contribution < 1.29 is 14.3 Å². The number of nitrogens with zero attached hydrogens (tertiary/aromatic N) is 2. The normalized spacial score (nSPS) is 21.7. The lowest BCUT2D eigenvalue weighted by Crippen LogP contribution is -2.53. The van der Waals surface area contributed by atoms with E-state index in [9.17, 15) is 9.59 Å². The van der Waals surface area contributed by atoms with Gasteiger partial charge in [-0.15, -0.1) is 0 Å². The molecule has 6 heteroatoms. The number of ether oxygens (including phenoxy) is 1. The third-order valence-corrected chi connectivity index (χ3v) is 4.45. The van der Waals surface area contributed by atoms with Crippen molar-refractivity contribution in [2.24, 2.45) is 0 Å². The van der Waals surface area contributed by atoms with Gasteiger partial charge in [-0.2, -0.15) is 0 Å². The number of nitrogens with one attached hydrogen (secondary N) is 1. The second-order valence-electron chi connectivity index (χ2n) is 6.10. The van der Waals surface area contributed by atoms with Gasteiger partial charge in [-0.25, -0.2) is 0 Å².